The highest BCUT2D eigenvalue weighted by Crippen LogP contribution is 2.22. The monoisotopic (exact) mass is 398 g/mol. The number of nitrogens with one attached hydrogen (secondary N) is 1. The second-order valence-electron chi connectivity index (χ2n) is 6.98. The van der Waals surface area contributed by atoms with Gasteiger partial charge in [0.2, 0.25) is 0 Å². The maximum Gasteiger partial charge on any atom is 0.407 e. The van der Waals surface area contributed by atoms with Crippen molar-refractivity contribution in [2.24, 2.45) is 5.92 Å². The Balaban J connectivity index is 1.58. The summed E-state index contributed by atoms with van der Waals surface area (Å²) in [6.07, 6.45) is -0.543. The van der Waals surface area contributed by atoms with E-state index in [4.69, 9.17) is 14.2 Å². The lowest BCUT2D eigenvalue weighted by atomic mass is 10.0. The molecule has 0 spiro atoms. The van der Waals surface area contributed by atoms with Crippen molar-refractivity contribution in [1.29, 1.82) is 0 Å². The molecule has 2 atom stereocenters. The molecule has 1 aliphatic heterocycles. The number of ether oxygens (including phenoxy) is 3. The van der Waals surface area contributed by atoms with Crippen molar-refractivity contribution in [3.05, 3.63) is 65.7 Å². The van der Waals surface area contributed by atoms with E-state index in [1.165, 1.54) is 7.11 Å². The molecule has 1 aliphatic rings. The van der Waals surface area contributed by atoms with E-state index in [0.717, 1.165) is 16.9 Å². The number of hydrogen-bond donors (Lipinski definition) is 1. The van der Waals surface area contributed by atoms with Crippen LogP contribution in [0, 0.1) is 5.92 Å². The molecule has 1 saturated heterocycles. The van der Waals surface area contributed by atoms with Crippen LogP contribution in [-0.2, 0) is 27.4 Å². The molecular weight excluding hydrogens is 372 g/mol. The van der Waals surface area contributed by atoms with Crippen LogP contribution in [0.5, 0.6) is 5.75 Å². The number of esters is 1. The summed E-state index contributed by atoms with van der Waals surface area (Å²) in [6, 6.07) is 16.9. The first kappa shape index (κ1) is 20.7. The van der Waals surface area contributed by atoms with Gasteiger partial charge in [0.15, 0.2) is 0 Å². The molecule has 0 unspecified atom stereocenters. The predicted octanol–water partition coefficient (Wildman–Crippen LogP) is 2.60. The topological polar surface area (TPSA) is 77.1 Å². The molecule has 1 fully saturated rings. The van der Waals surface area contributed by atoms with E-state index in [2.05, 4.69) is 10.2 Å². The van der Waals surface area contributed by atoms with Gasteiger partial charge in [-0.05, 0) is 23.3 Å². The molecule has 0 aromatic heterocycles. The van der Waals surface area contributed by atoms with E-state index in [-0.39, 0.29) is 18.6 Å². The Morgan fingerprint density at radius 2 is 1.72 bits per heavy atom. The molecule has 1 heterocycles. The Morgan fingerprint density at radius 3 is 2.38 bits per heavy atom. The van der Waals surface area contributed by atoms with Crippen molar-refractivity contribution >= 4 is 12.1 Å². The van der Waals surface area contributed by atoms with E-state index >= 15 is 0 Å². The van der Waals surface area contributed by atoms with Gasteiger partial charge in [0, 0.05) is 19.6 Å². The molecule has 3 rings (SSSR count). The fraction of sp³-hybridized carbons (Fsp3) is 0.364. The Morgan fingerprint density at radius 1 is 1.00 bits per heavy atom. The minimum Gasteiger partial charge on any atom is -0.497 e. The van der Waals surface area contributed by atoms with Gasteiger partial charge in [0.1, 0.15) is 12.4 Å². The fourth-order valence-corrected chi connectivity index (χ4v) is 3.46. The number of amides is 1. The van der Waals surface area contributed by atoms with Crippen LogP contribution in [0.2, 0.25) is 0 Å². The molecule has 0 aliphatic carbocycles. The van der Waals surface area contributed by atoms with Crippen LogP contribution in [0.15, 0.2) is 54.6 Å². The zero-order valence-corrected chi connectivity index (χ0v) is 16.7. The van der Waals surface area contributed by atoms with Gasteiger partial charge in [0.25, 0.3) is 0 Å². The first-order chi connectivity index (χ1) is 14.1. The third kappa shape index (κ3) is 5.71. The van der Waals surface area contributed by atoms with Crippen LogP contribution < -0.4 is 10.1 Å². The van der Waals surface area contributed by atoms with Crippen molar-refractivity contribution < 1.29 is 23.8 Å². The molecule has 154 valence electrons. The largest absolute Gasteiger partial charge is 0.497 e. The number of likely N-dealkylation sites (tertiary alicyclic amines) is 1. The maximum absolute atomic E-state index is 12.2. The lowest BCUT2D eigenvalue weighted by Gasteiger charge is -2.18. The normalized spacial score (nSPS) is 18.8. The van der Waals surface area contributed by atoms with Crippen LogP contribution in [0.3, 0.4) is 0 Å². The third-order valence-corrected chi connectivity index (χ3v) is 4.98. The van der Waals surface area contributed by atoms with Gasteiger partial charge < -0.3 is 19.5 Å². The van der Waals surface area contributed by atoms with Gasteiger partial charge >= 0.3 is 12.1 Å². The summed E-state index contributed by atoms with van der Waals surface area (Å²) in [6.45, 7) is 1.88. The molecule has 7 heteroatoms. The highest BCUT2D eigenvalue weighted by Gasteiger charge is 2.39. The zero-order valence-electron chi connectivity index (χ0n) is 16.7. The molecular formula is C22H26N2O5. The predicted molar refractivity (Wildman–Crippen MR) is 107 cm³/mol. The van der Waals surface area contributed by atoms with Gasteiger partial charge in [-0.3, -0.25) is 9.69 Å². The van der Waals surface area contributed by atoms with Crippen molar-refractivity contribution in [3.8, 4) is 5.75 Å². The number of alkyl carbamates (subject to hydrolysis) is 1. The van der Waals surface area contributed by atoms with Crippen molar-refractivity contribution in [2.45, 2.75) is 19.2 Å². The average molecular weight is 398 g/mol. The number of methoxy groups -OCH3 is 2. The molecule has 2 aromatic carbocycles. The van der Waals surface area contributed by atoms with E-state index in [1.54, 1.807) is 7.11 Å². The number of hydrogen-bond acceptors (Lipinski definition) is 6. The zero-order chi connectivity index (χ0) is 20.6. The number of carbonyl (C=O) groups is 2. The summed E-state index contributed by atoms with van der Waals surface area (Å²) in [5.74, 6) is 0.0152. The van der Waals surface area contributed by atoms with Crippen molar-refractivity contribution in [1.82, 2.24) is 10.2 Å². The van der Waals surface area contributed by atoms with Crippen molar-refractivity contribution in [3.63, 3.8) is 0 Å². The number of benzene rings is 2. The first-order valence-electron chi connectivity index (χ1n) is 9.49. The summed E-state index contributed by atoms with van der Waals surface area (Å²) in [7, 11) is 2.99. The number of carbonyl (C=O) groups excluding carboxylic acids is 2. The molecule has 29 heavy (non-hydrogen) atoms. The maximum atomic E-state index is 12.2. The molecule has 1 amide bonds. The van der Waals surface area contributed by atoms with Gasteiger partial charge in [-0.2, -0.15) is 0 Å². The Hall–Kier alpha value is -3.06. The van der Waals surface area contributed by atoms with Crippen LogP contribution in [-0.4, -0.2) is 50.3 Å². The summed E-state index contributed by atoms with van der Waals surface area (Å²) in [5.41, 5.74) is 2.00. The van der Waals surface area contributed by atoms with Gasteiger partial charge in [0.05, 0.1) is 26.2 Å². The summed E-state index contributed by atoms with van der Waals surface area (Å²) >= 11 is 0. The smallest absolute Gasteiger partial charge is 0.407 e. The van der Waals surface area contributed by atoms with E-state index in [1.807, 2.05) is 54.6 Å². The molecule has 0 saturated carbocycles. The van der Waals surface area contributed by atoms with Gasteiger partial charge in [-0.25, -0.2) is 4.79 Å². The highest BCUT2D eigenvalue weighted by molar-refractivity contribution is 5.76. The quantitative estimate of drug-likeness (QED) is 0.723. The molecule has 0 bridgehead atoms. The number of nitrogens with zero attached hydrogens (tertiary/aromatic N) is 1. The average Bonchev–Trinajstić information content (AvgIpc) is 3.15. The molecule has 7 nitrogen and oxygen atoms in total. The lowest BCUT2D eigenvalue weighted by molar-refractivity contribution is -0.145. The molecule has 2 aromatic rings. The molecule has 1 N–H and O–H groups in total. The fourth-order valence-electron chi connectivity index (χ4n) is 3.46. The van der Waals surface area contributed by atoms with Gasteiger partial charge in [-0.15, -0.1) is 0 Å². The first-order valence-corrected chi connectivity index (χ1v) is 9.49. The minimum atomic E-state index is -0.543. The Labute approximate surface area is 170 Å². The standard InChI is InChI=1S/C22H26N2O5/c1-27-18-10-8-16(9-11-18)12-24-13-19(21(25)28-2)20(14-24)23-22(26)29-15-17-6-4-3-5-7-17/h3-11,19-20H,12-15H2,1-2H3,(H,23,26)/t19-,20+/m0/s1. The van der Waals surface area contributed by atoms with Crippen molar-refractivity contribution in [2.75, 3.05) is 27.3 Å². The SMILES string of the molecule is COC(=O)[C@H]1CN(Cc2ccc(OC)cc2)C[C@H]1NC(=O)OCc1ccccc1. The number of rotatable bonds is 7. The molecule has 0 radical (unpaired) electrons. The van der Waals surface area contributed by atoms with E-state index in [0.29, 0.717) is 19.6 Å². The Bertz CT molecular complexity index is 810. The second kappa shape index (κ2) is 9.93. The third-order valence-electron chi connectivity index (χ3n) is 4.98. The van der Waals surface area contributed by atoms with Gasteiger partial charge in [-0.1, -0.05) is 42.5 Å². The van der Waals surface area contributed by atoms with Crippen LogP contribution in [0.4, 0.5) is 4.79 Å². The summed E-state index contributed by atoms with van der Waals surface area (Å²) in [5, 5.41) is 2.82. The highest BCUT2D eigenvalue weighted by atomic mass is 16.5. The van der Waals surface area contributed by atoms with Crippen LogP contribution >= 0.6 is 0 Å². The minimum absolute atomic E-state index is 0.178. The second-order valence-corrected chi connectivity index (χ2v) is 6.98. The van der Waals surface area contributed by atoms with Crippen LogP contribution in [0.25, 0.3) is 0 Å². The summed E-state index contributed by atoms with van der Waals surface area (Å²) < 4.78 is 15.4. The summed E-state index contributed by atoms with van der Waals surface area (Å²) in [4.78, 5) is 26.6. The van der Waals surface area contributed by atoms with Crippen LogP contribution in [0.1, 0.15) is 11.1 Å². The Kier molecular flexibility index (Phi) is 7.08. The van der Waals surface area contributed by atoms with E-state index < -0.39 is 12.0 Å². The lowest BCUT2D eigenvalue weighted by Crippen LogP contribution is -2.43. The van der Waals surface area contributed by atoms with E-state index in [9.17, 15) is 9.59 Å².